The van der Waals surface area contributed by atoms with Crippen LogP contribution in [0, 0.1) is 5.92 Å². The number of Topliss-reactive ketones (excluding diaryl/α,β-unsaturated/α-hetero) is 1. The van der Waals surface area contributed by atoms with Gasteiger partial charge in [0.05, 0.1) is 11.8 Å². The summed E-state index contributed by atoms with van der Waals surface area (Å²) in [6.45, 7) is 6.88. The van der Waals surface area contributed by atoms with Crippen molar-refractivity contribution >= 4 is 29.5 Å². The molecule has 0 aliphatic carbocycles. The highest BCUT2D eigenvalue weighted by Gasteiger charge is 2.22. The third-order valence-corrected chi connectivity index (χ3v) is 6.42. The Morgan fingerprint density at radius 1 is 0.944 bits per heavy atom. The number of amides is 2. The predicted octanol–water partition coefficient (Wildman–Crippen LogP) is 3.97. The lowest BCUT2D eigenvalue weighted by atomic mass is 10.0. The van der Waals surface area contributed by atoms with Gasteiger partial charge in [-0.2, -0.15) is 11.8 Å². The minimum absolute atomic E-state index is 0.0727. The molecule has 2 aromatic rings. The first-order valence-corrected chi connectivity index (χ1v) is 13.6. The number of thioether (sulfide) groups is 1. The van der Waals surface area contributed by atoms with E-state index in [2.05, 4.69) is 29.8 Å². The van der Waals surface area contributed by atoms with Crippen LogP contribution in [0.1, 0.15) is 38.3 Å². The van der Waals surface area contributed by atoms with E-state index in [4.69, 9.17) is 4.74 Å². The summed E-state index contributed by atoms with van der Waals surface area (Å²) >= 11 is 1.51. The fourth-order valence-corrected chi connectivity index (χ4v) is 4.49. The lowest BCUT2D eigenvalue weighted by Gasteiger charge is -2.24. The van der Waals surface area contributed by atoms with E-state index in [0.29, 0.717) is 36.9 Å². The zero-order valence-corrected chi connectivity index (χ0v) is 22.3. The number of carbonyl (C=O) groups excluding carboxylic acids is 3. The Balaban J connectivity index is 1.94. The molecule has 0 fully saturated rings. The second-order valence-corrected chi connectivity index (χ2v) is 10.3. The maximum absolute atomic E-state index is 13.1. The summed E-state index contributed by atoms with van der Waals surface area (Å²) in [5, 5.41) is 9.12. The van der Waals surface area contributed by atoms with Crippen molar-refractivity contribution in [1.29, 1.82) is 0 Å². The van der Waals surface area contributed by atoms with Crippen LogP contribution in [-0.2, 0) is 27.4 Å². The monoisotopic (exact) mass is 513 g/mol. The van der Waals surface area contributed by atoms with Gasteiger partial charge < -0.3 is 20.7 Å². The number of ether oxygens (including phenoxy) is 1. The van der Waals surface area contributed by atoms with Gasteiger partial charge in [-0.05, 0) is 29.9 Å². The SMILES string of the molecule is CC(=O)NCCSCC(=O)C(Cc1ccccc1)NCC(CC(C)C)NC(=O)OCc1ccccc1. The molecule has 0 saturated carbocycles. The van der Waals surface area contributed by atoms with Gasteiger partial charge in [-0.3, -0.25) is 9.59 Å². The third kappa shape index (κ3) is 12.7. The molecule has 2 aromatic carbocycles. The van der Waals surface area contributed by atoms with Crippen molar-refractivity contribution in [1.82, 2.24) is 16.0 Å². The van der Waals surface area contributed by atoms with Gasteiger partial charge in [0.1, 0.15) is 6.61 Å². The molecule has 2 atom stereocenters. The van der Waals surface area contributed by atoms with Crippen LogP contribution in [-0.4, -0.2) is 54.5 Å². The topological polar surface area (TPSA) is 96.5 Å². The van der Waals surface area contributed by atoms with Gasteiger partial charge in [0.2, 0.25) is 5.91 Å². The molecule has 0 radical (unpaired) electrons. The number of alkyl carbamates (subject to hydrolysis) is 1. The van der Waals surface area contributed by atoms with E-state index < -0.39 is 6.09 Å². The molecule has 0 saturated heterocycles. The molecule has 0 spiro atoms. The van der Waals surface area contributed by atoms with E-state index in [1.807, 2.05) is 60.7 Å². The molecule has 0 aliphatic heterocycles. The number of hydrogen-bond donors (Lipinski definition) is 3. The summed E-state index contributed by atoms with van der Waals surface area (Å²) in [5.74, 6) is 1.41. The Hall–Kier alpha value is -2.84. The van der Waals surface area contributed by atoms with Crippen molar-refractivity contribution in [3.05, 3.63) is 71.8 Å². The van der Waals surface area contributed by atoms with Crippen LogP contribution in [0.3, 0.4) is 0 Å². The number of hydrogen-bond acceptors (Lipinski definition) is 6. The molecule has 7 nitrogen and oxygen atoms in total. The lowest BCUT2D eigenvalue weighted by molar-refractivity contribution is -0.119. The summed E-state index contributed by atoms with van der Waals surface area (Å²) in [6.07, 6.45) is 0.856. The second kappa shape index (κ2) is 16.8. The smallest absolute Gasteiger partial charge is 0.407 e. The zero-order valence-electron chi connectivity index (χ0n) is 21.5. The molecule has 0 aromatic heterocycles. The second-order valence-electron chi connectivity index (χ2n) is 9.18. The van der Waals surface area contributed by atoms with Crippen molar-refractivity contribution in [3.8, 4) is 0 Å². The van der Waals surface area contributed by atoms with Crippen LogP contribution in [0.5, 0.6) is 0 Å². The van der Waals surface area contributed by atoms with Crippen LogP contribution < -0.4 is 16.0 Å². The molecule has 0 aliphatic rings. The van der Waals surface area contributed by atoms with Crippen LogP contribution in [0.4, 0.5) is 4.79 Å². The predicted molar refractivity (Wildman–Crippen MR) is 146 cm³/mol. The van der Waals surface area contributed by atoms with Crippen molar-refractivity contribution in [2.24, 2.45) is 5.92 Å². The third-order valence-electron chi connectivity index (χ3n) is 5.44. The first kappa shape index (κ1) is 29.4. The Kier molecular flexibility index (Phi) is 13.7. The summed E-state index contributed by atoms with van der Waals surface area (Å²) in [7, 11) is 0. The summed E-state index contributed by atoms with van der Waals surface area (Å²) < 4.78 is 5.40. The van der Waals surface area contributed by atoms with E-state index >= 15 is 0 Å². The maximum Gasteiger partial charge on any atom is 0.407 e. The van der Waals surface area contributed by atoms with Crippen molar-refractivity contribution in [2.75, 3.05) is 24.6 Å². The highest BCUT2D eigenvalue weighted by molar-refractivity contribution is 7.99. The van der Waals surface area contributed by atoms with E-state index in [-0.39, 0.29) is 30.4 Å². The molecular formula is C28H39N3O4S. The quantitative estimate of drug-likeness (QED) is 0.294. The number of benzene rings is 2. The van der Waals surface area contributed by atoms with Crippen LogP contribution >= 0.6 is 11.8 Å². The van der Waals surface area contributed by atoms with Crippen molar-refractivity contribution in [2.45, 2.75) is 52.3 Å². The average Bonchev–Trinajstić information content (AvgIpc) is 2.85. The van der Waals surface area contributed by atoms with E-state index in [1.54, 1.807) is 0 Å². The number of rotatable bonds is 16. The highest BCUT2D eigenvalue weighted by atomic mass is 32.2. The highest BCUT2D eigenvalue weighted by Crippen LogP contribution is 2.10. The molecule has 0 heterocycles. The van der Waals surface area contributed by atoms with Crippen molar-refractivity contribution < 1.29 is 19.1 Å². The lowest BCUT2D eigenvalue weighted by Crippen LogP contribution is -2.49. The van der Waals surface area contributed by atoms with Gasteiger partial charge in [0, 0.05) is 31.8 Å². The van der Waals surface area contributed by atoms with Crippen LogP contribution in [0.2, 0.25) is 0 Å². The molecule has 2 amide bonds. The van der Waals surface area contributed by atoms with E-state index in [9.17, 15) is 14.4 Å². The van der Waals surface area contributed by atoms with E-state index in [1.165, 1.54) is 18.7 Å². The molecule has 36 heavy (non-hydrogen) atoms. The van der Waals surface area contributed by atoms with Crippen molar-refractivity contribution in [3.63, 3.8) is 0 Å². The largest absolute Gasteiger partial charge is 0.445 e. The van der Waals surface area contributed by atoms with Gasteiger partial charge in [0.15, 0.2) is 5.78 Å². The Morgan fingerprint density at radius 2 is 1.58 bits per heavy atom. The minimum Gasteiger partial charge on any atom is -0.445 e. The molecule has 8 heteroatoms. The van der Waals surface area contributed by atoms with Gasteiger partial charge >= 0.3 is 6.09 Å². The molecule has 0 bridgehead atoms. The van der Waals surface area contributed by atoms with Crippen LogP contribution in [0.25, 0.3) is 0 Å². The summed E-state index contributed by atoms with van der Waals surface area (Å²) in [6, 6.07) is 18.9. The summed E-state index contributed by atoms with van der Waals surface area (Å²) in [5.41, 5.74) is 2.00. The minimum atomic E-state index is -0.467. The molecule has 2 rings (SSSR count). The molecule has 2 unspecified atom stereocenters. The fraction of sp³-hybridized carbons (Fsp3) is 0.464. The van der Waals surface area contributed by atoms with E-state index in [0.717, 1.165) is 17.5 Å². The fourth-order valence-electron chi connectivity index (χ4n) is 3.70. The van der Waals surface area contributed by atoms with Crippen LogP contribution in [0.15, 0.2) is 60.7 Å². The Labute approximate surface area is 219 Å². The van der Waals surface area contributed by atoms with Gasteiger partial charge in [0.25, 0.3) is 0 Å². The maximum atomic E-state index is 13.1. The first-order valence-electron chi connectivity index (χ1n) is 12.4. The van der Waals surface area contributed by atoms with Gasteiger partial charge in [-0.25, -0.2) is 4.79 Å². The summed E-state index contributed by atoms with van der Waals surface area (Å²) in [4.78, 5) is 36.6. The Morgan fingerprint density at radius 3 is 2.19 bits per heavy atom. The molecule has 3 N–H and O–H groups in total. The van der Waals surface area contributed by atoms with Gasteiger partial charge in [-0.15, -0.1) is 0 Å². The molecular weight excluding hydrogens is 474 g/mol. The number of ketones is 1. The molecule has 196 valence electrons. The number of nitrogens with one attached hydrogen (secondary N) is 3. The number of carbonyl (C=O) groups is 3. The Bertz CT molecular complexity index is 925. The standard InChI is InChI=1S/C28H39N3O4S/c1-21(2)16-25(31-28(34)35-19-24-12-8-5-9-13-24)18-30-26(17-23-10-6-4-7-11-23)27(33)20-36-15-14-29-22(3)32/h4-13,21,25-26,30H,14-20H2,1-3H3,(H,29,32)(H,31,34). The average molecular weight is 514 g/mol. The van der Waals surface area contributed by atoms with Gasteiger partial charge in [-0.1, -0.05) is 74.5 Å². The normalized spacial score (nSPS) is 12.6. The first-order chi connectivity index (χ1) is 17.3. The zero-order chi connectivity index (χ0) is 26.2.